The molecule has 2 fully saturated rings. The fourth-order valence-corrected chi connectivity index (χ4v) is 3.71. The van der Waals surface area contributed by atoms with Crippen LogP contribution in [0.2, 0.25) is 0 Å². The molecule has 2 aliphatic heterocycles. The normalized spacial score (nSPS) is 21.6. The van der Waals surface area contributed by atoms with Crippen molar-refractivity contribution in [2.75, 3.05) is 13.1 Å². The molecule has 0 radical (unpaired) electrons. The highest BCUT2D eigenvalue weighted by molar-refractivity contribution is 7.80. The van der Waals surface area contributed by atoms with Crippen LogP contribution in [0.3, 0.4) is 0 Å². The average molecular weight is 412 g/mol. The molecule has 0 spiro atoms. The molecule has 0 saturated carbocycles. The van der Waals surface area contributed by atoms with Crippen LogP contribution in [0, 0.1) is 0 Å². The molecular weight excluding hydrogens is 392 g/mol. The van der Waals surface area contributed by atoms with Gasteiger partial charge in [0.2, 0.25) is 0 Å². The van der Waals surface area contributed by atoms with Crippen molar-refractivity contribution in [2.45, 2.75) is 31.8 Å². The second-order valence-corrected chi connectivity index (χ2v) is 7.41. The summed E-state index contributed by atoms with van der Waals surface area (Å²) in [6.45, 7) is 1.98. The maximum absolute atomic E-state index is 12.7. The van der Waals surface area contributed by atoms with Gasteiger partial charge in [-0.15, -0.1) is 4.28 Å². The van der Waals surface area contributed by atoms with Crippen molar-refractivity contribution >= 4 is 28.2 Å². The van der Waals surface area contributed by atoms with E-state index in [1.807, 2.05) is 0 Å². The quantitative estimate of drug-likeness (QED) is 0.520. The molecule has 1 aromatic rings. The van der Waals surface area contributed by atoms with Gasteiger partial charge in [-0.2, -0.15) is 13.5 Å². The van der Waals surface area contributed by atoms with Gasteiger partial charge in [-0.05, 0) is 31.9 Å². The summed E-state index contributed by atoms with van der Waals surface area (Å²) in [4.78, 5) is 38.8. The van der Waals surface area contributed by atoms with Crippen molar-refractivity contribution in [2.24, 2.45) is 0 Å². The van der Waals surface area contributed by atoms with Crippen molar-refractivity contribution in [3.63, 3.8) is 0 Å². The van der Waals surface area contributed by atoms with Gasteiger partial charge in [-0.1, -0.05) is 18.2 Å². The number of hydroxylamine groups is 2. The zero-order valence-corrected chi connectivity index (χ0v) is 15.8. The molecule has 0 unspecified atom stereocenters. The predicted molar refractivity (Wildman–Crippen MR) is 94.7 cm³/mol. The molecule has 2 N–H and O–H groups in total. The van der Waals surface area contributed by atoms with Crippen LogP contribution in [0.4, 0.5) is 4.79 Å². The number of fused-ring (bicyclic) bond motifs is 2. The highest BCUT2D eigenvalue weighted by Gasteiger charge is 2.49. The Kier molecular flexibility index (Phi) is 5.54. The Morgan fingerprint density at radius 1 is 1.29 bits per heavy atom. The molecular formula is C16H20N4O7S. The van der Waals surface area contributed by atoms with Gasteiger partial charge in [0.15, 0.2) is 0 Å². The zero-order chi connectivity index (χ0) is 20.5. The number of benzene rings is 1. The molecule has 12 heteroatoms. The molecule has 28 heavy (non-hydrogen) atoms. The van der Waals surface area contributed by atoms with Crippen molar-refractivity contribution < 1.29 is 31.6 Å². The lowest BCUT2D eigenvalue weighted by atomic mass is 10.0. The topological polar surface area (TPSA) is 137 Å². The Morgan fingerprint density at radius 3 is 2.57 bits per heavy atom. The smallest absolute Gasteiger partial charge is 0.309 e. The number of piperidine rings is 1. The number of nitrogens with zero attached hydrogens (tertiary/aromatic N) is 3. The van der Waals surface area contributed by atoms with Crippen LogP contribution in [-0.2, 0) is 19.5 Å². The number of hydrogen-bond acceptors (Lipinski definition) is 6. The first-order valence-electron chi connectivity index (χ1n) is 8.65. The SMILES string of the molecule is CCN(NC(=O)[C@@H]1CC[C@@H]2CN1C(=O)N2OS(=O)(=O)O)C(=O)c1ccccc1. The van der Waals surface area contributed by atoms with Gasteiger partial charge in [-0.25, -0.2) is 4.79 Å². The van der Waals surface area contributed by atoms with Crippen LogP contribution >= 0.6 is 0 Å². The summed E-state index contributed by atoms with van der Waals surface area (Å²) in [5.41, 5.74) is 2.93. The lowest BCUT2D eigenvalue weighted by molar-refractivity contribution is -0.130. The van der Waals surface area contributed by atoms with E-state index in [2.05, 4.69) is 9.71 Å². The molecule has 152 valence electrons. The van der Waals surface area contributed by atoms with Crippen LogP contribution in [-0.4, -0.2) is 71.0 Å². The van der Waals surface area contributed by atoms with Gasteiger partial charge >= 0.3 is 16.4 Å². The summed E-state index contributed by atoms with van der Waals surface area (Å²) in [5.74, 6) is -0.958. The summed E-state index contributed by atoms with van der Waals surface area (Å²) < 4.78 is 35.0. The third-order valence-corrected chi connectivity index (χ3v) is 4.98. The number of hydrazine groups is 1. The van der Waals surface area contributed by atoms with E-state index in [1.165, 1.54) is 0 Å². The molecule has 3 rings (SSSR count). The molecule has 2 aliphatic rings. The third kappa shape index (κ3) is 4.08. The summed E-state index contributed by atoms with van der Waals surface area (Å²) in [5, 5.41) is 1.71. The number of urea groups is 1. The Hall–Kier alpha value is -2.70. The third-order valence-electron chi connectivity index (χ3n) is 4.63. The van der Waals surface area contributed by atoms with Crippen molar-refractivity contribution in [3.8, 4) is 0 Å². The Bertz CT molecular complexity index is 876. The monoisotopic (exact) mass is 412 g/mol. The first-order valence-corrected chi connectivity index (χ1v) is 10.0. The fourth-order valence-electron chi connectivity index (χ4n) is 3.32. The van der Waals surface area contributed by atoms with E-state index >= 15 is 0 Å². The lowest BCUT2D eigenvalue weighted by Crippen LogP contribution is -2.55. The molecule has 11 nitrogen and oxygen atoms in total. The van der Waals surface area contributed by atoms with Gasteiger partial charge < -0.3 is 4.90 Å². The molecule has 4 amide bonds. The second kappa shape index (κ2) is 7.73. The minimum Gasteiger partial charge on any atom is -0.309 e. The highest BCUT2D eigenvalue weighted by atomic mass is 32.3. The Morgan fingerprint density at radius 2 is 1.96 bits per heavy atom. The van der Waals surface area contributed by atoms with E-state index in [-0.39, 0.29) is 19.5 Å². The summed E-state index contributed by atoms with van der Waals surface area (Å²) in [6, 6.07) is 6.10. The van der Waals surface area contributed by atoms with E-state index in [9.17, 15) is 22.8 Å². The Balaban J connectivity index is 1.69. The number of amides is 4. The van der Waals surface area contributed by atoms with E-state index in [0.29, 0.717) is 17.0 Å². The van der Waals surface area contributed by atoms with Crippen LogP contribution in [0.1, 0.15) is 30.1 Å². The van der Waals surface area contributed by atoms with Crippen molar-refractivity contribution in [1.29, 1.82) is 0 Å². The lowest BCUT2D eigenvalue weighted by Gasteiger charge is -2.31. The summed E-state index contributed by atoms with van der Waals surface area (Å²) >= 11 is 0. The zero-order valence-electron chi connectivity index (χ0n) is 15.0. The van der Waals surface area contributed by atoms with E-state index < -0.39 is 40.3 Å². The molecule has 2 bridgehead atoms. The predicted octanol–water partition coefficient (Wildman–Crippen LogP) is 0.183. The number of nitrogens with one attached hydrogen (secondary N) is 1. The Labute approximate surface area is 161 Å². The second-order valence-electron chi connectivity index (χ2n) is 6.40. The number of hydrogen-bond donors (Lipinski definition) is 2. The van der Waals surface area contributed by atoms with Crippen molar-refractivity contribution in [1.82, 2.24) is 20.4 Å². The van der Waals surface area contributed by atoms with Crippen LogP contribution in [0.25, 0.3) is 0 Å². The van der Waals surface area contributed by atoms with E-state index in [0.717, 1.165) is 9.91 Å². The molecule has 1 aromatic carbocycles. The van der Waals surface area contributed by atoms with E-state index in [1.54, 1.807) is 37.3 Å². The maximum atomic E-state index is 12.7. The molecule has 0 aliphatic carbocycles. The number of carbonyl (C=O) groups is 3. The first-order chi connectivity index (χ1) is 13.2. The van der Waals surface area contributed by atoms with Gasteiger partial charge in [-0.3, -0.25) is 24.6 Å². The van der Waals surface area contributed by atoms with Gasteiger partial charge in [0.05, 0.1) is 6.04 Å². The number of carbonyl (C=O) groups excluding carboxylic acids is 3. The first kappa shape index (κ1) is 20.0. The summed E-state index contributed by atoms with van der Waals surface area (Å²) in [6.07, 6.45) is 0.555. The largest absolute Gasteiger partial charge is 0.418 e. The van der Waals surface area contributed by atoms with E-state index in [4.69, 9.17) is 4.55 Å². The van der Waals surface area contributed by atoms with Gasteiger partial charge in [0.1, 0.15) is 6.04 Å². The molecule has 2 atom stereocenters. The maximum Gasteiger partial charge on any atom is 0.418 e. The standard InChI is InChI=1S/C16H20N4O7S/c1-2-19(15(22)11-6-4-3-5-7-11)17-14(21)13-9-8-12-10-18(13)16(23)20(12)27-28(24,25)26/h3-7,12-13H,2,8-10H2,1H3,(H,17,21)(H,24,25,26)/t12-,13+/m1/s1. The van der Waals surface area contributed by atoms with Gasteiger partial charge in [0.25, 0.3) is 11.8 Å². The molecule has 0 aromatic heterocycles. The van der Waals surface area contributed by atoms with Crippen molar-refractivity contribution in [3.05, 3.63) is 35.9 Å². The van der Waals surface area contributed by atoms with Gasteiger partial charge in [0, 0.05) is 18.7 Å². The number of rotatable bonds is 5. The van der Waals surface area contributed by atoms with Crippen LogP contribution < -0.4 is 5.43 Å². The average Bonchev–Trinajstić information content (AvgIpc) is 2.89. The summed E-state index contributed by atoms with van der Waals surface area (Å²) in [7, 11) is -4.86. The minimum absolute atomic E-state index is 0.0746. The molecule has 2 heterocycles. The van der Waals surface area contributed by atoms with Crippen LogP contribution in [0.15, 0.2) is 30.3 Å². The highest BCUT2D eigenvalue weighted by Crippen LogP contribution is 2.30. The molecule has 2 saturated heterocycles. The fraction of sp³-hybridized carbons (Fsp3) is 0.438. The minimum atomic E-state index is -4.86. The van der Waals surface area contributed by atoms with Crippen LogP contribution in [0.5, 0.6) is 0 Å².